The van der Waals surface area contributed by atoms with Crippen LogP contribution in [0.3, 0.4) is 0 Å². The van der Waals surface area contributed by atoms with Crippen molar-refractivity contribution in [3.05, 3.63) is 64.7 Å². The second kappa shape index (κ2) is 6.60. The minimum Gasteiger partial charge on any atom is -0.378 e. The molecule has 2 nitrogen and oxygen atoms in total. The smallest absolute Gasteiger partial charge is 0.103 e. The van der Waals surface area contributed by atoms with E-state index in [1.807, 2.05) is 18.2 Å². The lowest BCUT2D eigenvalue weighted by molar-refractivity contribution is -0.686. The summed E-state index contributed by atoms with van der Waals surface area (Å²) in [6, 6.07) is 16.7. The molecule has 0 aromatic heterocycles. The van der Waals surface area contributed by atoms with Gasteiger partial charge in [0, 0.05) is 35.9 Å². The topological polar surface area (TPSA) is 19.9 Å². The van der Waals surface area contributed by atoms with Crippen molar-refractivity contribution in [3.8, 4) is 0 Å². The molecule has 0 saturated heterocycles. The third-order valence-corrected chi connectivity index (χ3v) is 3.52. The molecule has 0 radical (unpaired) electrons. The lowest BCUT2D eigenvalue weighted by Gasteiger charge is -2.12. The predicted molar refractivity (Wildman–Crippen MR) is 81.6 cm³/mol. The van der Waals surface area contributed by atoms with Crippen LogP contribution < -0.4 is 10.2 Å². The van der Waals surface area contributed by atoms with Crippen molar-refractivity contribution in [2.75, 3.05) is 19.0 Å². The normalized spacial score (nSPS) is 10.5. The first-order chi connectivity index (χ1) is 9.16. The summed E-state index contributed by atoms with van der Waals surface area (Å²) in [5, 5.41) is 3.12. The molecule has 100 valence electrons. The van der Waals surface area contributed by atoms with Crippen LogP contribution in [0.15, 0.2) is 48.5 Å². The second-order valence-electron chi connectivity index (χ2n) is 4.85. The predicted octanol–water partition coefficient (Wildman–Crippen LogP) is 2.67. The first kappa shape index (κ1) is 13.9. The summed E-state index contributed by atoms with van der Waals surface area (Å²) in [5.74, 6) is 0. The highest BCUT2D eigenvalue weighted by molar-refractivity contribution is 6.31. The molecule has 0 aliphatic heterocycles. The molecule has 0 spiro atoms. The van der Waals surface area contributed by atoms with E-state index < -0.39 is 0 Å². The van der Waals surface area contributed by atoms with Crippen molar-refractivity contribution >= 4 is 17.3 Å². The number of quaternary nitrogens is 1. The zero-order valence-electron chi connectivity index (χ0n) is 11.4. The SMILES string of the molecule is CN(C)c1ccc(C[NH2+]Cc2ccccc2Cl)cc1. The van der Waals surface area contributed by atoms with E-state index in [1.165, 1.54) is 16.8 Å². The lowest BCUT2D eigenvalue weighted by Crippen LogP contribution is -2.80. The number of nitrogens with zero attached hydrogens (tertiary/aromatic N) is 1. The van der Waals surface area contributed by atoms with Crippen molar-refractivity contribution in [1.29, 1.82) is 0 Å². The van der Waals surface area contributed by atoms with Crippen molar-refractivity contribution in [2.45, 2.75) is 13.1 Å². The van der Waals surface area contributed by atoms with Crippen LogP contribution >= 0.6 is 11.6 Å². The highest BCUT2D eigenvalue weighted by atomic mass is 35.5. The fourth-order valence-electron chi connectivity index (χ4n) is 1.99. The van der Waals surface area contributed by atoms with Crippen molar-refractivity contribution in [1.82, 2.24) is 0 Å². The van der Waals surface area contributed by atoms with E-state index in [0.29, 0.717) is 0 Å². The van der Waals surface area contributed by atoms with Gasteiger partial charge in [-0.3, -0.25) is 0 Å². The van der Waals surface area contributed by atoms with E-state index in [1.54, 1.807) is 0 Å². The Morgan fingerprint density at radius 2 is 1.63 bits per heavy atom. The maximum atomic E-state index is 6.14. The molecule has 0 unspecified atom stereocenters. The van der Waals surface area contributed by atoms with Crippen LogP contribution in [0.5, 0.6) is 0 Å². The molecular formula is C16H20ClN2+. The molecule has 0 atom stereocenters. The molecule has 0 bridgehead atoms. The Kier molecular flexibility index (Phi) is 4.83. The molecule has 2 N–H and O–H groups in total. The van der Waals surface area contributed by atoms with Crippen LogP contribution in [-0.4, -0.2) is 14.1 Å². The maximum Gasteiger partial charge on any atom is 0.103 e. The first-order valence-electron chi connectivity index (χ1n) is 6.48. The van der Waals surface area contributed by atoms with Crippen LogP contribution in [0.4, 0.5) is 5.69 Å². The third kappa shape index (κ3) is 3.98. The molecule has 0 amide bonds. The second-order valence-corrected chi connectivity index (χ2v) is 5.26. The van der Waals surface area contributed by atoms with Crippen LogP contribution in [0.2, 0.25) is 5.02 Å². The molecule has 3 heteroatoms. The molecule has 2 aromatic carbocycles. The van der Waals surface area contributed by atoms with Gasteiger partial charge in [-0.1, -0.05) is 41.9 Å². The van der Waals surface area contributed by atoms with Crippen molar-refractivity contribution in [2.24, 2.45) is 0 Å². The summed E-state index contributed by atoms with van der Waals surface area (Å²) in [4.78, 5) is 2.11. The minimum absolute atomic E-state index is 0.849. The van der Waals surface area contributed by atoms with Gasteiger partial charge in [-0.2, -0.15) is 0 Å². The van der Waals surface area contributed by atoms with E-state index in [9.17, 15) is 0 Å². The number of hydrogen-bond acceptors (Lipinski definition) is 1. The Bertz CT molecular complexity index is 521. The van der Waals surface area contributed by atoms with Gasteiger partial charge in [0.15, 0.2) is 0 Å². The molecule has 2 rings (SSSR count). The Morgan fingerprint density at radius 3 is 2.26 bits per heavy atom. The van der Waals surface area contributed by atoms with Crippen LogP contribution in [0.1, 0.15) is 11.1 Å². The fourth-order valence-corrected chi connectivity index (χ4v) is 2.20. The van der Waals surface area contributed by atoms with E-state index in [2.05, 4.69) is 54.6 Å². The van der Waals surface area contributed by atoms with E-state index >= 15 is 0 Å². The lowest BCUT2D eigenvalue weighted by atomic mass is 10.2. The van der Waals surface area contributed by atoms with Crippen molar-refractivity contribution < 1.29 is 5.32 Å². The number of hydrogen-bond donors (Lipinski definition) is 1. The molecule has 0 fully saturated rings. The average Bonchev–Trinajstić information content (AvgIpc) is 2.41. The van der Waals surface area contributed by atoms with Crippen molar-refractivity contribution in [3.63, 3.8) is 0 Å². The van der Waals surface area contributed by atoms with Gasteiger partial charge in [-0.15, -0.1) is 0 Å². The van der Waals surface area contributed by atoms with Gasteiger partial charge in [0.2, 0.25) is 0 Å². The average molecular weight is 276 g/mol. The number of nitrogens with two attached hydrogens (primary N) is 1. The number of anilines is 1. The molecule has 2 aromatic rings. The standard InChI is InChI=1S/C16H19ClN2/c1-19(2)15-9-7-13(8-10-15)11-18-12-14-5-3-4-6-16(14)17/h3-10,18H,11-12H2,1-2H3/p+1. The largest absolute Gasteiger partial charge is 0.378 e. The quantitative estimate of drug-likeness (QED) is 0.889. The van der Waals surface area contributed by atoms with Gasteiger partial charge in [0.05, 0.1) is 0 Å². The molecule has 0 heterocycles. The van der Waals surface area contributed by atoms with Crippen LogP contribution in [0, 0.1) is 0 Å². The highest BCUT2D eigenvalue weighted by Crippen LogP contribution is 2.13. The van der Waals surface area contributed by atoms with Gasteiger partial charge in [0.1, 0.15) is 13.1 Å². The molecule has 0 aliphatic carbocycles. The van der Waals surface area contributed by atoms with Crippen LogP contribution in [-0.2, 0) is 13.1 Å². The first-order valence-corrected chi connectivity index (χ1v) is 6.86. The highest BCUT2D eigenvalue weighted by Gasteiger charge is 2.02. The zero-order valence-corrected chi connectivity index (χ0v) is 12.2. The monoisotopic (exact) mass is 275 g/mol. The third-order valence-electron chi connectivity index (χ3n) is 3.15. The van der Waals surface area contributed by atoms with Crippen LogP contribution in [0.25, 0.3) is 0 Å². The van der Waals surface area contributed by atoms with Gasteiger partial charge < -0.3 is 10.2 Å². The molecular weight excluding hydrogens is 256 g/mol. The Morgan fingerprint density at radius 1 is 0.947 bits per heavy atom. The summed E-state index contributed by atoms with van der Waals surface area (Å²) in [6.07, 6.45) is 0. The van der Waals surface area contributed by atoms with E-state index in [0.717, 1.165) is 18.1 Å². The fraction of sp³-hybridized carbons (Fsp3) is 0.250. The number of benzene rings is 2. The summed E-state index contributed by atoms with van der Waals surface area (Å²) in [7, 11) is 4.11. The zero-order chi connectivity index (χ0) is 13.7. The molecule has 19 heavy (non-hydrogen) atoms. The summed E-state index contributed by atoms with van der Waals surface area (Å²) in [6.45, 7) is 1.88. The van der Waals surface area contributed by atoms with E-state index in [4.69, 9.17) is 11.6 Å². The summed E-state index contributed by atoms with van der Waals surface area (Å²) in [5.41, 5.74) is 3.75. The van der Waals surface area contributed by atoms with Gasteiger partial charge in [-0.25, -0.2) is 0 Å². The maximum absolute atomic E-state index is 6.14. The Balaban J connectivity index is 1.87. The summed E-state index contributed by atoms with van der Waals surface area (Å²) < 4.78 is 0. The minimum atomic E-state index is 0.849. The van der Waals surface area contributed by atoms with Gasteiger partial charge in [-0.05, 0) is 18.2 Å². The van der Waals surface area contributed by atoms with Gasteiger partial charge in [0.25, 0.3) is 0 Å². The summed E-state index contributed by atoms with van der Waals surface area (Å²) >= 11 is 6.14. The Hall–Kier alpha value is -1.51. The molecule has 0 aliphatic rings. The number of halogens is 1. The number of rotatable bonds is 5. The Labute approximate surface area is 120 Å². The van der Waals surface area contributed by atoms with Gasteiger partial charge >= 0.3 is 0 Å². The molecule has 0 saturated carbocycles. The van der Waals surface area contributed by atoms with E-state index in [-0.39, 0.29) is 0 Å².